The van der Waals surface area contributed by atoms with Crippen molar-refractivity contribution in [1.82, 2.24) is 9.80 Å². The van der Waals surface area contributed by atoms with Crippen LogP contribution in [0.4, 0.5) is 0 Å². The fraction of sp³-hybridized carbons (Fsp3) is 0.867. The van der Waals surface area contributed by atoms with Gasteiger partial charge < -0.3 is 15.5 Å². The Bertz CT molecular complexity index is 375. The summed E-state index contributed by atoms with van der Waals surface area (Å²) in [6.45, 7) is 0.170. The number of halogens is 1. The minimum atomic E-state index is -0.0337. The van der Waals surface area contributed by atoms with E-state index in [0.29, 0.717) is 11.8 Å². The predicted octanol–water partition coefficient (Wildman–Crippen LogP) is 1.11. The Morgan fingerprint density at radius 3 is 2.10 bits per heavy atom. The van der Waals surface area contributed by atoms with Crippen LogP contribution in [0.25, 0.3) is 0 Å². The minimum Gasteiger partial charge on any atom is -0.347 e. The van der Waals surface area contributed by atoms with Crippen LogP contribution in [0.15, 0.2) is 0 Å². The summed E-state index contributed by atoms with van der Waals surface area (Å²) < 4.78 is 0. The van der Waals surface area contributed by atoms with E-state index in [0.717, 1.165) is 25.7 Å². The molecule has 0 aliphatic heterocycles. The molecule has 0 aromatic carbocycles. The Balaban J connectivity index is 0.00000220. The normalized spacial score (nSPS) is 31.0. The largest absolute Gasteiger partial charge is 0.347 e. The van der Waals surface area contributed by atoms with Gasteiger partial charge in [0.2, 0.25) is 11.8 Å². The average Bonchev–Trinajstić information content (AvgIpc) is 2.37. The van der Waals surface area contributed by atoms with Gasteiger partial charge in [0, 0.05) is 33.1 Å². The minimum absolute atomic E-state index is 0. The molecule has 21 heavy (non-hydrogen) atoms. The van der Waals surface area contributed by atoms with Gasteiger partial charge in [-0.15, -0.1) is 12.4 Å². The Kier molecular flexibility index (Phi) is 6.47. The highest BCUT2D eigenvalue weighted by Crippen LogP contribution is 2.42. The standard InChI is InChI=1S/C15H27N3O2.ClH/c1-17(2)13(19)9-18(3)15(20)12-7-10-5-4-6-11(8-12)14(10)16;/h10-12,14H,4-9,16H2,1-3H3;1H. The molecule has 2 atom stereocenters. The molecule has 5 nitrogen and oxygen atoms in total. The molecule has 2 amide bonds. The van der Waals surface area contributed by atoms with Crippen LogP contribution in [0.3, 0.4) is 0 Å². The van der Waals surface area contributed by atoms with E-state index in [1.54, 1.807) is 26.0 Å². The SMILES string of the molecule is CN(C)C(=O)CN(C)C(=O)C1CC2CCCC(C1)C2N.Cl. The molecule has 2 aliphatic rings. The van der Waals surface area contributed by atoms with Gasteiger partial charge in [0.05, 0.1) is 6.54 Å². The summed E-state index contributed by atoms with van der Waals surface area (Å²) in [7, 11) is 5.16. The molecule has 2 saturated carbocycles. The second kappa shape index (κ2) is 7.45. The van der Waals surface area contributed by atoms with E-state index in [4.69, 9.17) is 5.73 Å². The highest BCUT2D eigenvalue weighted by Gasteiger charge is 2.41. The molecule has 2 unspecified atom stereocenters. The molecule has 2 N–H and O–H groups in total. The molecular weight excluding hydrogens is 290 g/mol. The molecule has 2 rings (SSSR count). The maximum atomic E-state index is 12.5. The molecule has 2 bridgehead atoms. The fourth-order valence-electron chi connectivity index (χ4n) is 3.72. The molecule has 2 aliphatic carbocycles. The molecule has 2 fully saturated rings. The quantitative estimate of drug-likeness (QED) is 0.848. The lowest BCUT2D eigenvalue weighted by Crippen LogP contribution is -2.50. The van der Waals surface area contributed by atoms with Gasteiger partial charge in [-0.25, -0.2) is 0 Å². The van der Waals surface area contributed by atoms with Gasteiger partial charge in [-0.05, 0) is 37.5 Å². The van der Waals surface area contributed by atoms with Crippen molar-refractivity contribution in [1.29, 1.82) is 0 Å². The first-order valence-corrected chi connectivity index (χ1v) is 7.61. The molecular formula is C15H28ClN3O2. The number of nitrogens with two attached hydrogens (primary N) is 1. The number of fused-ring (bicyclic) bond motifs is 2. The monoisotopic (exact) mass is 317 g/mol. The van der Waals surface area contributed by atoms with E-state index in [1.165, 1.54) is 11.3 Å². The Hall–Kier alpha value is -0.810. The maximum Gasteiger partial charge on any atom is 0.241 e. The number of nitrogens with zero attached hydrogens (tertiary/aromatic N) is 2. The van der Waals surface area contributed by atoms with Gasteiger partial charge in [-0.1, -0.05) is 6.42 Å². The fourth-order valence-corrected chi connectivity index (χ4v) is 3.72. The van der Waals surface area contributed by atoms with E-state index >= 15 is 0 Å². The third-order valence-corrected chi connectivity index (χ3v) is 5.01. The first-order valence-electron chi connectivity index (χ1n) is 7.61. The van der Waals surface area contributed by atoms with E-state index < -0.39 is 0 Å². The van der Waals surface area contributed by atoms with Crippen molar-refractivity contribution in [3.05, 3.63) is 0 Å². The molecule has 0 heterocycles. The summed E-state index contributed by atoms with van der Waals surface area (Å²) in [5.41, 5.74) is 6.26. The maximum absolute atomic E-state index is 12.5. The number of rotatable bonds is 3. The van der Waals surface area contributed by atoms with E-state index in [1.807, 2.05) is 0 Å². The van der Waals surface area contributed by atoms with Crippen LogP contribution in [0.5, 0.6) is 0 Å². The van der Waals surface area contributed by atoms with Gasteiger partial charge >= 0.3 is 0 Å². The third-order valence-electron chi connectivity index (χ3n) is 5.01. The molecule has 0 spiro atoms. The van der Waals surface area contributed by atoms with Crippen molar-refractivity contribution in [3.8, 4) is 0 Å². The van der Waals surface area contributed by atoms with Crippen molar-refractivity contribution in [2.75, 3.05) is 27.7 Å². The number of carbonyl (C=O) groups is 2. The van der Waals surface area contributed by atoms with Crippen molar-refractivity contribution in [3.63, 3.8) is 0 Å². The van der Waals surface area contributed by atoms with Gasteiger partial charge in [0.15, 0.2) is 0 Å². The molecule has 0 saturated heterocycles. The number of hydrogen-bond donors (Lipinski definition) is 1. The molecule has 0 aromatic rings. The van der Waals surface area contributed by atoms with E-state index in [9.17, 15) is 9.59 Å². The number of amides is 2. The number of likely N-dealkylation sites (N-methyl/N-ethyl adjacent to an activating group) is 2. The van der Waals surface area contributed by atoms with Crippen LogP contribution in [-0.4, -0.2) is 55.3 Å². The van der Waals surface area contributed by atoms with Gasteiger partial charge in [-0.3, -0.25) is 9.59 Å². The van der Waals surface area contributed by atoms with Gasteiger partial charge in [-0.2, -0.15) is 0 Å². The summed E-state index contributed by atoms with van der Waals surface area (Å²) >= 11 is 0. The zero-order valence-electron chi connectivity index (χ0n) is 13.2. The van der Waals surface area contributed by atoms with Crippen molar-refractivity contribution in [2.45, 2.75) is 38.1 Å². The average molecular weight is 318 g/mol. The molecule has 122 valence electrons. The summed E-state index contributed by atoms with van der Waals surface area (Å²) in [4.78, 5) is 27.3. The molecule has 6 heteroatoms. The first-order chi connectivity index (χ1) is 9.40. The Morgan fingerprint density at radius 2 is 1.62 bits per heavy atom. The molecule has 0 aromatic heterocycles. The van der Waals surface area contributed by atoms with E-state index in [2.05, 4.69) is 0 Å². The zero-order valence-corrected chi connectivity index (χ0v) is 14.1. The van der Waals surface area contributed by atoms with Crippen LogP contribution in [0.1, 0.15) is 32.1 Å². The van der Waals surface area contributed by atoms with Gasteiger partial charge in [0.25, 0.3) is 0 Å². The van der Waals surface area contributed by atoms with Crippen LogP contribution < -0.4 is 5.73 Å². The second-order valence-electron chi connectivity index (χ2n) is 6.68. The lowest BCUT2D eigenvalue weighted by Gasteiger charge is -2.44. The lowest BCUT2D eigenvalue weighted by atomic mass is 9.65. The van der Waals surface area contributed by atoms with Crippen molar-refractivity contribution >= 4 is 24.2 Å². The topological polar surface area (TPSA) is 66.6 Å². The van der Waals surface area contributed by atoms with Crippen molar-refractivity contribution in [2.24, 2.45) is 23.5 Å². The molecule has 0 radical (unpaired) electrons. The lowest BCUT2D eigenvalue weighted by molar-refractivity contribution is -0.142. The second-order valence-corrected chi connectivity index (χ2v) is 6.68. The van der Waals surface area contributed by atoms with E-state index in [-0.39, 0.29) is 42.7 Å². The summed E-state index contributed by atoms with van der Waals surface area (Å²) in [5.74, 6) is 1.13. The predicted molar refractivity (Wildman–Crippen MR) is 85.1 cm³/mol. The zero-order chi connectivity index (χ0) is 14.9. The number of hydrogen-bond acceptors (Lipinski definition) is 3. The summed E-state index contributed by atoms with van der Waals surface area (Å²) in [6.07, 6.45) is 5.36. The third kappa shape index (κ3) is 4.10. The van der Waals surface area contributed by atoms with Crippen LogP contribution in [0, 0.1) is 17.8 Å². The highest BCUT2D eigenvalue weighted by molar-refractivity contribution is 5.86. The Labute approximate surface area is 133 Å². The summed E-state index contributed by atoms with van der Waals surface area (Å²) in [6, 6.07) is 0.279. The van der Waals surface area contributed by atoms with Crippen molar-refractivity contribution < 1.29 is 9.59 Å². The van der Waals surface area contributed by atoms with Crippen LogP contribution in [-0.2, 0) is 9.59 Å². The highest BCUT2D eigenvalue weighted by atomic mass is 35.5. The summed E-state index contributed by atoms with van der Waals surface area (Å²) in [5, 5.41) is 0. The number of carbonyl (C=O) groups excluding carboxylic acids is 2. The van der Waals surface area contributed by atoms with Gasteiger partial charge in [0.1, 0.15) is 0 Å². The van der Waals surface area contributed by atoms with Crippen LogP contribution >= 0.6 is 12.4 Å². The smallest absolute Gasteiger partial charge is 0.241 e. The van der Waals surface area contributed by atoms with Crippen LogP contribution in [0.2, 0.25) is 0 Å². The Morgan fingerprint density at radius 1 is 1.10 bits per heavy atom. The first kappa shape index (κ1) is 18.2.